The molecule has 6 heteroatoms. The van der Waals surface area contributed by atoms with Crippen LogP contribution in [-0.2, 0) is 0 Å². The summed E-state index contributed by atoms with van der Waals surface area (Å²) in [6.45, 7) is 0. The molecule has 0 saturated heterocycles. The number of hydrogen-bond acceptors (Lipinski definition) is 3. The summed E-state index contributed by atoms with van der Waals surface area (Å²) in [7, 11) is 0. The normalized spacial score (nSPS) is 12.5. The van der Waals surface area contributed by atoms with Crippen molar-refractivity contribution in [3.8, 4) is 22.9 Å². The molecule has 0 aliphatic rings. The summed E-state index contributed by atoms with van der Waals surface area (Å²) >= 11 is 1.74. The van der Waals surface area contributed by atoms with Gasteiger partial charge in [0.2, 0.25) is 0 Å². The minimum absolute atomic E-state index is 0.711. The van der Waals surface area contributed by atoms with Gasteiger partial charge in [-0.2, -0.15) is 0 Å². The average molecular weight is 806 g/mol. The molecule has 15 aromatic rings. The van der Waals surface area contributed by atoms with E-state index in [0.29, 0.717) is 5.82 Å². The van der Waals surface area contributed by atoms with E-state index in [9.17, 15) is 0 Å². The van der Waals surface area contributed by atoms with Crippen LogP contribution in [0.5, 0.6) is 0 Å². The van der Waals surface area contributed by atoms with Gasteiger partial charge in [0.1, 0.15) is 4.83 Å². The highest BCUT2D eigenvalue weighted by Gasteiger charge is 2.27. The average Bonchev–Trinajstić information content (AvgIpc) is 4.13. The summed E-state index contributed by atoms with van der Waals surface area (Å²) in [5.41, 5.74) is 10.5. The highest BCUT2D eigenvalue weighted by molar-refractivity contribution is 7.25. The smallest absolute Gasteiger partial charge is 0.163 e. The second-order valence-corrected chi connectivity index (χ2v) is 17.5. The van der Waals surface area contributed by atoms with Crippen molar-refractivity contribution in [1.82, 2.24) is 23.5 Å². The SMILES string of the molecule is c1ccc(-n2c3ccccc3c3cc(-c4nc(-n5c6ccccc6c6c7c8ccc9ccccc9c8n8c9ccccc9c(cc65)c78)c5c(n4)sc4ccccc45)ccc32)cc1. The summed E-state index contributed by atoms with van der Waals surface area (Å²) in [5.74, 6) is 1.61. The fourth-order valence-corrected chi connectivity index (χ4v) is 11.9. The van der Waals surface area contributed by atoms with Gasteiger partial charge in [0.15, 0.2) is 11.6 Å². The number of nitrogens with zero attached hydrogens (tertiary/aromatic N) is 5. The van der Waals surface area contributed by atoms with Crippen molar-refractivity contribution < 1.29 is 0 Å². The van der Waals surface area contributed by atoms with E-state index in [2.05, 4.69) is 202 Å². The highest BCUT2D eigenvalue weighted by atomic mass is 32.1. The van der Waals surface area contributed by atoms with Crippen molar-refractivity contribution in [2.24, 2.45) is 0 Å². The van der Waals surface area contributed by atoms with Crippen molar-refractivity contribution >= 4 is 124 Å². The van der Waals surface area contributed by atoms with Gasteiger partial charge in [-0.1, -0.05) is 127 Å². The molecule has 0 N–H and O–H groups in total. The van der Waals surface area contributed by atoms with Crippen molar-refractivity contribution in [3.05, 3.63) is 188 Å². The molecule has 0 atom stereocenters. The minimum Gasteiger partial charge on any atom is -0.309 e. The number of fused-ring (bicyclic) bond motifs is 18. The number of rotatable bonds is 3. The molecule has 9 aromatic carbocycles. The molecule has 0 saturated carbocycles. The van der Waals surface area contributed by atoms with E-state index in [-0.39, 0.29) is 0 Å². The molecular formula is C56H31N5S. The van der Waals surface area contributed by atoms with Gasteiger partial charge in [-0.05, 0) is 66.0 Å². The van der Waals surface area contributed by atoms with E-state index in [4.69, 9.17) is 9.97 Å². The Morgan fingerprint density at radius 1 is 0.371 bits per heavy atom. The molecular weight excluding hydrogens is 775 g/mol. The van der Waals surface area contributed by atoms with E-state index >= 15 is 0 Å². The van der Waals surface area contributed by atoms with Crippen LogP contribution in [0.3, 0.4) is 0 Å². The van der Waals surface area contributed by atoms with Gasteiger partial charge in [0, 0.05) is 69.8 Å². The van der Waals surface area contributed by atoms with Crippen molar-refractivity contribution in [2.45, 2.75) is 0 Å². The monoisotopic (exact) mass is 805 g/mol. The number of para-hydroxylation sites is 4. The van der Waals surface area contributed by atoms with Crippen molar-refractivity contribution in [1.29, 1.82) is 0 Å². The predicted molar refractivity (Wildman–Crippen MR) is 261 cm³/mol. The number of hydrogen-bond donors (Lipinski definition) is 0. The molecule has 6 aromatic heterocycles. The quantitative estimate of drug-likeness (QED) is 0.178. The van der Waals surface area contributed by atoms with Gasteiger partial charge in [-0.15, -0.1) is 11.3 Å². The van der Waals surface area contributed by atoms with Crippen LogP contribution in [-0.4, -0.2) is 23.5 Å². The first-order chi connectivity index (χ1) is 30.8. The van der Waals surface area contributed by atoms with E-state index in [1.165, 1.54) is 86.0 Å². The maximum Gasteiger partial charge on any atom is 0.163 e. The Kier molecular flexibility index (Phi) is 6.24. The van der Waals surface area contributed by atoms with Gasteiger partial charge in [-0.25, -0.2) is 9.97 Å². The van der Waals surface area contributed by atoms with Crippen LogP contribution in [0.2, 0.25) is 0 Å². The Hall–Kier alpha value is -8.06. The first-order valence-corrected chi connectivity index (χ1v) is 21.9. The molecule has 0 aliphatic heterocycles. The molecule has 6 heterocycles. The Bertz CT molecular complexity index is 4390. The molecule has 0 fully saturated rings. The lowest BCUT2D eigenvalue weighted by atomic mass is 10.00. The van der Waals surface area contributed by atoms with Crippen molar-refractivity contribution in [3.63, 3.8) is 0 Å². The molecule has 0 radical (unpaired) electrons. The minimum atomic E-state index is 0.711. The molecule has 15 rings (SSSR count). The van der Waals surface area contributed by atoms with Crippen LogP contribution in [0.4, 0.5) is 0 Å². The zero-order valence-corrected chi connectivity index (χ0v) is 33.9. The van der Waals surface area contributed by atoms with Gasteiger partial charge < -0.3 is 8.97 Å². The van der Waals surface area contributed by atoms with Crippen LogP contribution < -0.4 is 0 Å². The van der Waals surface area contributed by atoms with E-state index in [0.717, 1.165) is 43.8 Å². The van der Waals surface area contributed by atoms with Gasteiger partial charge in [0.05, 0.1) is 44.0 Å². The lowest BCUT2D eigenvalue weighted by Crippen LogP contribution is -2.02. The van der Waals surface area contributed by atoms with Gasteiger partial charge in [-0.3, -0.25) is 4.57 Å². The first-order valence-electron chi connectivity index (χ1n) is 21.1. The lowest BCUT2D eigenvalue weighted by Gasteiger charge is -2.12. The third-order valence-corrected chi connectivity index (χ3v) is 14.4. The summed E-state index contributed by atoms with van der Waals surface area (Å²) in [6, 6.07) is 68.4. The fourth-order valence-electron chi connectivity index (χ4n) is 10.9. The lowest BCUT2D eigenvalue weighted by molar-refractivity contribution is 1.08. The second-order valence-electron chi connectivity index (χ2n) is 16.5. The Morgan fingerprint density at radius 2 is 1.03 bits per heavy atom. The predicted octanol–water partition coefficient (Wildman–Crippen LogP) is 15.0. The van der Waals surface area contributed by atoms with Gasteiger partial charge >= 0.3 is 0 Å². The van der Waals surface area contributed by atoms with Gasteiger partial charge in [0.25, 0.3) is 0 Å². The molecule has 0 bridgehead atoms. The molecule has 286 valence electrons. The zero-order chi connectivity index (χ0) is 40.2. The number of thiophene rings is 1. The van der Waals surface area contributed by atoms with Crippen LogP contribution in [0.1, 0.15) is 0 Å². The Morgan fingerprint density at radius 3 is 1.87 bits per heavy atom. The van der Waals surface area contributed by atoms with E-state index in [1.54, 1.807) is 11.3 Å². The third kappa shape index (κ3) is 4.12. The maximum absolute atomic E-state index is 5.72. The van der Waals surface area contributed by atoms with E-state index < -0.39 is 0 Å². The second kappa shape index (κ2) is 11.8. The van der Waals surface area contributed by atoms with Crippen LogP contribution in [0, 0.1) is 0 Å². The topological polar surface area (TPSA) is 40.0 Å². The Balaban J connectivity index is 1.09. The first kappa shape index (κ1) is 32.8. The standard InChI is InChI=1S/C56H31N5S/c1-2-15-34(16-3-1)59-43-22-10-6-18-36(43)41-30-33(27-29-46(41)59)54-57-55(51-39-21-9-13-25-48(39)62-56(51)58-54)60-45-24-12-8-20-38(45)49-47(60)31-42-37-19-7-11-23-44(37)61-52-35-17-5-4-14-32(35)26-28-40(52)50(49)53(42)61/h1-31H. The van der Waals surface area contributed by atoms with Crippen LogP contribution >= 0.6 is 11.3 Å². The van der Waals surface area contributed by atoms with Crippen LogP contribution in [0.25, 0.3) is 136 Å². The largest absolute Gasteiger partial charge is 0.309 e. The van der Waals surface area contributed by atoms with Crippen molar-refractivity contribution in [2.75, 3.05) is 0 Å². The fraction of sp³-hybridized carbons (Fsp3) is 0. The number of aromatic nitrogens is 5. The zero-order valence-electron chi connectivity index (χ0n) is 33.0. The Labute approximate surface area is 356 Å². The summed E-state index contributed by atoms with van der Waals surface area (Å²) in [5, 5.41) is 14.6. The molecule has 5 nitrogen and oxygen atoms in total. The molecule has 0 aliphatic carbocycles. The van der Waals surface area contributed by atoms with E-state index in [1.807, 2.05) is 0 Å². The highest BCUT2D eigenvalue weighted by Crippen LogP contribution is 2.49. The summed E-state index contributed by atoms with van der Waals surface area (Å²) in [6.07, 6.45) is 0. The molecule has 0 amide bonds. The third-order valence-electron chi connectivity index (χ3n) is 13.4. The molecule has 0 unspecified atom stereocenters. The molecule has 0 spiro atoms. The summed E-state index contributed by atoms with van der Waals surface area (Å²) < 4.78 is 8.53. The number of benzene rings is 9. The maximum atomic E-state index is 5.72. The summed E-state index contributed by atoms with van der Waals surface area (Å²) in [4.78, 5) is 12.1. The van der Waals surface area contributed by atoms with Crippen LogP contribution in [0.15, 0.2) is 188 Å². The molecule has 62 heavy (non-hydrogen) atoms.